The molecule has 0 spiro atoms. The maximum Gasteiger partial charge on any atom is -0.0266 e. The molecule has 5 atom stereocenters. The second kappa shape index (κ2) is 3.50. The van der Waals surface area contributed by atoms with Crippen LogP contribution in [0.15, 0.2) is 0 Å². The molecule has 3 aliphatic rings. The van der Waals surface area contributed by atoms with Crippen LogP contribution in [0.1, 0.15) is 65.2 Å². The van der Waals surface area contributed by atoms with Crippen LogP contribution in [0.25, 0.3) is 0 Å². The third-order valence-electron chi connectivity index (χ3n) is 5.98. The van der Waals surface area contributed by atoms with Crippen LogP contribution in [0.2, 0.25) is 0 Å². The van der Waals surface area contributed by atoms with Gasteiger partial charge in [0.2, 0.25) is 0 Å². The van der Waals surface area contributed by atoms with Crippen molar-refractivity contribution < 1.29 is 0 Å². The van der Waals surface area contributed by atoms with Gasteiger partial charge in [-0.05, 0) is 67.6 Å². The number of fused-ring (bicyclic) bond motifs is 1. The molecule has 0 heterocycles. The molecule has 0 amide bonds. The number of unbranched alkanes of at least 4 members (excludes halogenated alkanes) is 1. The molecule has 86 valence electrons. The zero-order chi connectivity index (χ0) is 10.5. The van der Waals surface area contributed by atoms with E-state index in [0.29, 0.717) is 0 Å². The van der Waals surface area contributed by atoms with E-state index in [2.05, 4.69) is 13.8 Å². The molecule has 0 aliphatic heterocycles. The Bertz CT molecular complexity index is 244. The maximum atomic E-state index is 2.47. The minimum atomic E-state index is 0.864. The van der Waals surface area contributed by atoms with E-state index < -0.39 is 0 Å². The summed E-state index contributed by atoms with van der Waals surface area (Å²) in [4.78, 5) is 0. The summed E-state index contributed by atoms with van der Waals surface area (Å²) in [6.07, 6.45) is 12.3. The van der Waals surface area contributed by atoms with Gasteiger partial charge >= 0.3 is 0 Å². The molecular weight excluding hydrogens is 180 g/mol. The molecular formula is C15H26. The van der Waals surface area contributed by atoms with Gasteiger partial charge in [0, 0.05) is 0 Å². The van der Waals surface area contributed by atoms with E-state index in [-0.39, 0.29) is 0 Å². The number of hydrogen-bond donors (Lipinski definition) is 0. The van der Waals surface area contributed by atoms with Crippen LogP contribution >= 0.6 is 0 Å². The van der Waals surface area contributed by atoms with Gasteiger partial charge in [-0.3, -0.25) is 0 Å². The van der Waals surface area contributed by atoms with E-state index in [1.807, 2.05) is 0 Å². The summed E-state index contributed by atoms with van der Waals surface area (Å²) in [6.45, 7) is 4.81. The Morgan fingerprint density at radius 1 is 1.13 bits per heavy atom. The number of rotatable bonds is 4. The Morgan fingerprint density at radius 2 is 1.87 bits per heavy atom. The summed E-state index contributed by atoms with van der Waals surface area (Å²) in [5, 5.41) is 0. The molecule has 3 fully saturated rings. The van der Waals surface area contributed by atoms with E-state index >= 15 is 0 Å². The summed E-state index contributed by atoms with van der Waals surface area (Å²) in [5.41, 5.74) is 0.864. The average Bonchev–Trinajstić information content (AvgIpc) is 2.86. The Labute approximate surface area is 94.8 Å². The molecule has 3 saturated carbocycles. The summed E-state index contributed by atoms with van der Waals surface area (Å²) < 4.78 is 0. The maximum absolute atomic E-state index is 2.47. The molecule has 0 aromatic rings. The van der Waals surface area contributed by atoms with Gasteiger partial charge in [0.1, 0.15) is 0 Å². The van der Waals surface area contributed by atoms with Crippen molar-refractivity contribution in [1.29, 1.82) is 0 Å². The summed E-state index contributed by atoms with van der Waals surface area (Å²) in [7, 11) is 0. The van der Waals surface area contributed by atoms with Crippen LogP contribution in [-0.2, 0) is 0 Å². The van der Waals surface area contributed by atoms with E-state index in [1.165, 1.54) is 18.8 Å². The second-order valence-electron chi connectivity index (χ2n) is 6.69. The lowest BCUT2D eigenvalue weighted by Crippen LogP contribution is -2.38. The monoisotopic (exact) mass is 206 g/mol. The third-order valence-corrected chi connectivity index (χ3v) is 5.98. The van der Waals surface area contributed by atoms with Gasteiger partial charge in [0.15, 0.2) is 0 Å². The molecule has 0 nitrogen and oxygen atoms in total. The zero-order valence-electron chi connectivity index (χ0n) is 10.5. The molecule has 0 aromatic carbocycles. The highest BCUT2D eigenvalue weighted by Gasteiger charge is 2.58. The molecule has 15 heavy (non-hydrogen) atoms. The van der Waals surface area contributed by atoms with Crippen molar-refractivity contribution in [3.8, 4) is 0 Å². The van der Waals surface area contributed by atoms with E-state index in [4.69, 9.17) is 0 Å². The fourth-order valence-corrected chi connectivity index (χ4v) is 4.78. The molecule has 0 heteroatoms. The first-order valence-electron chi connectivity index (χ1n) is 7.27. The van der Waals surface area contributed by atoms with Crippen LogP contribution in [0.4, 0.5) is 0 Å². The van der Waals surface area contributed by atoms with Crippen LogP contribution in [-0.4, -0.2) is 0 Å². The van der Waals surface area contributed by atoms with Gasteiger partial charge in [-0.25, -0.2) is 0 Å². The van der Waals surface area contributed by atoms with E-state index in [9.17, 15) is 0 Å². The van der Waals surface area contributed by atoms with Gasteiger partial charge in [-0.1, -0.05) is 26.7 Å². The molecule has 0 aromatic heterocycles. The Kier molecular flexibility index (Phi) is 2.37. The zero-order valence-corrected chi connectivity index (χ0v) is 10.5. The highest BCUT2D eigenvalue weighted by molar-refractivity contribution is 5.07. The number of hydrogen-bond acceptors (Lipinski definition) is 0. The molecule has 0 radical (unpaired) electrons. The lowest BCUT2D eigenvalue weighted by Gasteiger charge is -2.48. The Hall–Kier alpha value is 0. The topological polar surface area (TPSA) is 0 Å². The van der Waals surface area contributed by atoms with Crippen LogP contribution in [0, 0.1) is 29.1 Å². The summed E-state index contributed by atoms with van der Waals surface area (Å²) in [5.74, 6) is 4.56. The minimum Gasteiger partial charge on any atom is -0.0654 e. The fourth-order valence-electron chi connectivity index (χ4n) is 4.78. The lowest BCUT2D eigenvalue weighted by atomic mass is 9.57. The van der Waals surface area contributed by atoms with Crippen molar-refractivity contribution >= 4 is 0 Å². The molecule has 0 N–H and O–H groups in total. The predicted octanol–water partition coefficient (Wildman–Crippen LogP) is 4.64. The fraction of sp³-hybridized carbons (Fsp3) is 1.00. The van der Waals surface area contributed by atoms with Crippen LogP contribution in [0.3, 0.4) is 0 Å². The first-order chi connectivity index (χ1) is 7.27. The molecule has 0 saturated heterocycles. The standard InChI is InChI=1S/C15H26/c1-3-4-7-15-8-5-12(13-10-11(13)2)14(15)6-9-15/h11-14H,3-10H2,1-2H3/t11-,12?,13?,14?,15+/m0/s1. The van der Waals surface area contributed by atoms with Crippen molar-refractivity contribution in [2.45, 2.75) is 65.2 Å². The van der Waals surface area contributed by atoms with Gasteiger partial charge in [0.05, 0.1) is 0 Å². The summed E-state index contributed by atoms with van der Waals surface area (Å²) in [6, 6.07) is 0. The van der Waals surface area contributed by atoms with Gasteiger partial charge in [-0.2, -0.15) is 0 Å². The largest absolute Gasteiger partial charge is 0.0654 e. The minimum absolute atomic E-state index is 0.864. The van der Waals surface area contributed by atoms with Crippen molar-refractivity contribution in [1.82, 2.24) is 0 Å². The van der Waals surface area contributed by atoms with Crippen molar-refractivity contribution in [3.05, 3.63) is 0 Å². The quantitative estimate of drug-likeness (QED) is 0.628. The SMILES string of the molecule is CCCC[C@]12CCC(C3C[C@@H]3C)C1CC2. The van der Waals surface area contributed by atoms with Gasteiger partial charge in [-0.15, -0.1) is 0 Å². The van der Waals surface area contributed by atoms with E-state index in [0.717, 1.165) is 23.2 Å². The van der Waals surface area contributed by atoms with Crippen LogP contribution < -0.4 is 0 Å². The lowest BCUT2D eigenvalue weighted by molar-refractivity contribution is 0.0214. The first-order valence-corrected chi connectivity index (χ1v) is 7.27. The average molecular weight is 206 g/mol. The van der Waals surface area contributed by atoms with Crippen LogP contribution in [0.5, 0.6) is 0 Å². The highest BCUT2D eigenvalue weighted by atomic mass is 14.6. The Balaban J connectivity index is 1.63. The third kappa shape index (κ3) is 1.47. The van der Waals surface area contributed by atoms with Gasteiger partial charge < -0.3 is 0 Å². The first kappa shape index (κ1) is 10.2. The highest BCUT2D eigenvalue weighted by Crippen LogP contribution is 2.67. The molecule has 3 rings (SSSR count). The second-order valence-corrected chi connectivity index (χ2v) is 6.69. The molecule has 3 aliphatic carbocycles. The van der Waals surface area contributed by atoms with E-state index in [1.54, 1.807) is 38.5 Å². The van der Waals surface area contributed by atoms with Crippen molar-refractivity contribution in [2.24, 2.45) is 29.1 Å². The molecule has 3 unspecified atom stereocenters. The predicted molar refractivity (Wildman–Crippen MR) is 64.7 cm³/mol. The van der Waals surface area contributed by atoms with Crippen molar-refractivity contribution in [2.75, 3.05) is 0 Å². The van der Waals surface area contributed by atoms with Crippen molar-refractivity contribution in [3.63, 3.8) is 0 Å². The molecule has 0 bridgehead atoms. The summed E-state index contributed by atoms with van der Waals surface area (Å²) >= 11 is 0. The normalized spacial score (nSPS) is 52.4. The Morgan fingerprint density at radius 3 is 2.40 bits per heavy atom. The van der Waals surface area contributed by atoms with Gasteiger partial charge in [0.25, 0.3) is 0 Å². The smallest absolute Gasteiger partial charge is 0.0266 e.